The van der Waals surface area contributed by atoms with E-state index in [1.165, 1.54) is 4.90 Å². The van der Waals surface area contributed by atoms with Gasteiger partial charge in [-0.2, -0.15) is 0 Å². The summed E-state index contributed by atoms with van der Waals surface area (Å²) in [5.41, 5.74) is 2.66. The van der Waals surface area contributed by atoms with E-state index in [4.69, 9.17) is 0 Å². The van der Waals surface area contributed by atoms with Gasteiger partial charge < -0.3 is 10.0 Å². The van der Waals surface area contributed by atoms with E-state index in [9.17, 15) is 19.5 Å². The van der Waals surface area contributed by atoms with Gasteiger partial charge in [0.1, 0.15) is 6.04 Å². The van der Waals surface area contributed by atoms with Crippen LogP contribution in [0.1, 0.15) is 66.2 Å². The lowest BCUT2D eigenvalue weighted by molar-refractivity contribution is -0.151. The third kappa shape index (κ3) is 5.11. The van der Waals surface area contributed by atoms with Crippen LogP contribution in [0.25, 0.3) is 0 Å². The van der Waals surface area contributed by atoms with E-state index in [0.717, 1.165) is 16.7 Å². The zero-order valence-electron chi connectivity index (χ0n) is 21.2. The molecule has 0 saturated carbocycles. The van der Waals surface area contributed by atoms with Crippen LogP contribution in [0.4, 0.5) is 0 Å². The van der Waals surface area contributed by atoms with Crippen molar-refractivity contribution in [3.05, 3.63) is 107 Å². The summed E-state index contributed by atoms with van der Waals surface area (Å²) in [7, 11) is 0. The molecule has 0 radical (unpaired) electrons. The molecule has 1 fully saturated rings. The van der Waals surface area contributed by atoms with Crippen LogP contribution in [0.15, 0.2) is 84.9 Å². The Balaban J connectivity index is 1.98. The van der Waals surface area contributed by atoms with Crippen molar-refractivity contribution in [2.75, 3.05) is 0 Å². The maximum Gasteiger partial charge on any atom is 0.327 e. The van der Waals surface area contributed by atoms with Crippen molar-refractivity contribution in [2.24, 2.45) is 11.3 Å². The van der Waals surface area contributed by atoms with Gasteiger partial charge in [-0.05, 0) is 23.5 Å². The first kappa shape index (κ1) is 25.4. The predicted molar refractivity (Wildman–Crippen MR) is 140 cm³/mol. The summed E-state index contributed by atoms with van der Waals surface area (Å²) < 4.78 is 0. The van der Waals surface area contributed by atoms with E-state index in [0.29, 0.717) is 5.56 Å². The van der Waals surface area contributed by atoms with E-state index in [1.807, 2.05) is 88.4 Å². The fourth-order valence-corrected chi connectivity index (χ4v) is 5.43. The number of Topliss-reactive ketones (excluding diaryl/α,β-unsaturated/α-hetero) is 1. The molecule has 1 N–H and O–H groups in total. The molecule has 5 nitrogen and oxygen atoms in total. The highest BCUT2D eigenvalue weighted by Gasteiger charge is 2.57. The van der Waals surface area contributed by atoms with E-state index in [2.05, 4.69) is 0 Å². The number of carbonyl (C=O) groups excluding carboxylic acids is 2. The fourth-order valence-electron chi connectivity index (χ4n) is 5.43. The molecule has 36 heavy (non-hydrogen) atoms. The van der Waals surface area contributed by atoms with Gasteiger partial charge in [0.05, 0.1) is 12.0 Å². The van der Waals surface area contributed by atoms with Gasteiger partial charge in [0.25, 0.3) is 0 Å². The van der Waals surface area contributed by atoms with Crippen molar-refractivity contribution in [2.45, 2.75) is 52.1 Å². The van der Waals surface area contributed by atoms with Crippen molar-refractivity contribution in [1.82, 2.24) is 4.90 Å². The fraction of sp³-hybridized carbons (Fsp3) is 0.323. The van der Waals surface area contributed by atoms with Crippen LogP contribution >= 0.6 is 0 Å². The molecule has 4 unspecified atom stereocenters. The molecule has 0 aliphatic carbocycles. The van der Waals surface area contributed by atoms with Crippen LogP contribution in [0, 0.1) is 18.3 Å². The zero-order valence-corrected chi connectivity index (χ0v) is 21.2. The molecule has 0 spiro atoms. The topological polar surface area (TPSA) is 74.7 Å². The van der Waals surface area contributed by atoms with Crippen LogP contribution in [0.2, 0.25) is 0 Å². The number of carboxylic acid groups (broad SMARTS) is 1. The van der Waals surface area contributed by atoms with Gasteiger partial charge in [-0.15, -0.1) is 0 Å². The molecule has 1 heterocycles. The largest absolute Gasteiger partial charge is 0.480 e. The van der Waals surface area contributed by atoms with Crippen molar-refractivity contribution < 1.29 is 19.5 Å². The van der Waals surface area contributed by atoms with Crippen molar-refractivity contribution in [1.29, 1.82) is 0 Å². The summed E-state index contributed by atoms with van der Waals surface area (Å²) in [4.78, 5) is 42.5. The number of hydrogen-bond donors (Lipinski definition) is 1. The maximum absolute atomic E-state index is 14.2. The van der Waals surface area contributed by atoms with Crippen LogP contribution in [-0.4, -0.2) is 33.7 Å². The minimum absolute atomic E-state index is 0.159. The van der Waals surface area contributed by atoms with Gasteiger partial charge in [0, 0.05) is 17.9 Å². The molecule has 4 rings (SSSR count). The lowest BCUT2D eigenvalue weighted by Gasteiger charge is -2.33. The number of rotatable bonds is 6. The number of carboxylic acids is 1. The number of hydrogen-bond acceptors (Lipinski definition) is 3. The Bertz CT molecular complexity index is 1250. The molecular formula is C31H33NO4. The highest BCUT2D eigenvalue weighted by Crippen LogP contribution is 2.52. The van der Waals surface area contributed by atoms with Gasteiger partial charge in [-0.25, -0.2) is 4.79 Å². The summed E-state index contributed by atoms with van der Waals surface area (Å²) in [6.45, 7) is 7.83. The highest BCUT2D eigenvalue weighted by molar-refractivity contribution is 6.01. The average Bonchev–Trinajstić information content (AvgIpc) is 3.20. The molecule has 4 atom stereocenters. The SMILES string of the molecule is Cc1cccc(C2C(C(=O)c3ccccc3)C(c3ccccc3)C(C(=O)O)N2C(=O)CC(C)(C)C)c1. The second-order valence-corrected chi connectivity index (χ2v) is 10.9. The molecule has 186 valence electrons. The summed E-state index contributed by atoms with van der Waals surface area (Å²) >= 11 is 0. The lowest BCUT2D eigenvalue weighted by Crippen LogP contribution is -2.44. The molecule has 1 amide bonds. The smallest absolute Gasteiger partial charge is 0.327 e. The normalized spacial score (nSPS) is 21.8. The third-order valence-corrected chi connectivity index (χ3v) is 6.82. The van der Waals surface area contributed by atoms with Crippen molar-refractivity contribution >= 4 is 17.7 Å². The van der Waals surface area contributed by atoms with E-state index < -0.39 is 29.9 Å². The number of aliphatic carboxylic acids is 1. The molecule has 3 aromatic rings. The molecule has 5 heteroatoms. The van der Waals surface area contributed by atoms with Gasteiger partial charge in [0.2, 0.25) is 5.91 Å². The number of ketones is 1. The number of aryl methyl sites for hydroxylation is 1. The van der Waals surface area contributed by atoms with E-state index in [1.54, 1.807) is 24.3 Å². The third-order valence-electron chi connectivity index (χ3n) is 6.82. The Hall–Kier alpha value is -3.73. The first-order chi connectivity index (χ1) is 17.1. The summed E-state index contributed by atoms with van der Waals surface area (Å²) in [5.74, 6) is -2.99. The average molecular weight is 484 g/mol. The van der Waals surface area contributed by atoms with Gasteiger partial charge >= 0.3 is 5.97 Å². The standard InChI is InChI=1S/C31H33NO4/c1-20-12-11-17-23(18-20)27-26(29(34)22-15-9-6-10-16-22)25(21-13-7-5-8-14-21)28(30(35)36)32(27)24(33)19-31(2,3)4/h5-18,25-28H,19H2,1-4H3,(H,35,36). The Kier molecular flexibility index (Phi) is 7.11. The van der Waals surface area contributed by atoms with Gasteiger partial charge in [-0.1, -0.05) is 111 Å². The number of carbonyl (C=O) groups is 3. The predicted octanol–water partition coefficient (Wildman–Crippen LogP) is 6.05. The highest BCUT2D eigenvalue weighted by atomic mass is 16.4. The second kappa shape index (κ2) is 10.1. The summed E-state index contributed by atoms with van der Waals surface area (Å²) in [6, 6.07) is 24.1. The van der Waals surface area contributed by atoms with Crippen LogP contribution < -0.4 is 0 Å². The Morgan fingerprint density at radius 2 is 1.42 bits per heavy atom. The molecule has 1 saturated heterocycles. The lowest BCUT2D eigenvalue weighted by atomic mass is 9.76. The van der Waals surface area contributed by atoms with E-state index >= 15 is 0 Å². The Morgan fingerprint density at radius 1 is 0.833 bits per heavy atom. The second-order valence-electron chi connectivity index (χ2n) is 10.9. The van der Waals surface area contributed by atoms with Gasteiger partial charge in [0.15, 0.2) is 5.78 Å². The number of amides is 1. The molecule has 1 aliphatic heterocycles. The molecule has 0 bridgehead atoms. The maximum atomic E-state index is 14.2. The first-order valence-electron chi connectivity index (χ1n) is 12.3. The summed E-state index contributed by atoms with van der Waals surface area (Å²) in [5, 5.41) is 10.5. The van der Waals surface area contributed by atoms with Crippen LogP contribution in [-0.2, 0) is 9.59 Å². The quantitative estimate of drug-likeness (QED) is 0.433. The number of nitrogens with zero attached hydrogens (tertiary/aromatic N) is 1. The summed E-state index contributed by atoms with van der Waals surface area (Å²) in [6.07, 6.45) is 0.173. The Labute approximate surface area is 212 Å². The minimum atomic E-state index is -1.18. The minimum Gasteiger partial charge on any atom is -0.480 e. The molecular weight excluding hydrogens is 450 g/mol. The zero-order chi connectivity index (χ0) is 26.0. The van der Waals surface area contributed by atoms with Crippen molar-refractivity contribution in [3.8, 4) is 0 Å². The first-order valence-corrected chi connectivity index (χ1v) is 12.3. The molecule has 3 aromatic carbocycles. The Morgan fingerprint density at radius 3 is 1.97 bits per heavy atom. The van der Waals surface area contributed by atoms with E-state index in [-0.39, 0.29) is 23.5 Å². The van der Waals surface area contributed by atoms with Crippen LogP contribution in [0.3, 0.4) is 0 Å². The van der Waals surface area contributed by atoms with Crippen molar-refractivity contribution in [3.63, 3.8) is 0 Å². The van der Waals surface area contributed by atoms with Crippen LogP contribution in [0.5, 0.6) is 0 Å². The monoisotopic (exact) mass is 483 g/mol. The number of benzene rings is 3. The molecule has 1 aliphatic rings. The number of likely N-dealkylation sites (tertiary alicyclic amines) is 1. The molecule has 0 aromatic heterocycles. The van der Waals surface area contributed by atoms with Gasteiger partial charge in [-0.3, -0.25) is 9.59 Å².